The van der Waals surface area contributed by atoms with Crippen LogP contribution in [0.2, 0.25) is 0 Å². The molecule has 0 amide bonds. The fourth-order valence-corrected chi connectivity index (χ4v) is 10.1. The topological polar surface area (TPSA) is 121 Å². The molecule has 0 saturated heterocycles. The Kier molecular flexibility index (Phi) is 20.1. The summed E-state index contributed by atoms with van der Waals surface area (Å²) in [5.74, 6) is 1.92. The highest BCUT2D eigenvalue weighted by Gasteiger charge is 2.08. The number of para-hydroxylation sites is 3. The molecule has 12 aromatic rings. The highest BCUT2D eigenvalue weighted by molar-refractivity contribution is 5.66. The molecule has 6 heteroatoms. The van der Waals surface area contributed by atoms with Crippen LogP contribution < -0.4 is 0 Å². The lowest BCUT2D eigenvalue weighted by molar-refractivity contribution is 0.469. The summed E-state index contributed by atoms with van der Waals surface area (Å²) in [5.41, 5.74) is 20.7. The summed E-state index contributed by atoms with van der Waals surface area (Å²) in [5, 5.41) is 58.0. The van der Waals surface area contributed by atoms with Crippen molar-refractivity contribution in [3.63, 3.8) is 0 Å². The molecule has 12 rings (SSSR count). The molecule has 0 atom stereocenters. The molecule has 12 aromatic carbocycles. The Bertz CT molecular complexity index is 3810. The lowest BCUT2D eigenvalue weighted by Gasteiger charge is -2.08. The van der Waals surface area contributed by atoms with Crippen LogP contribution in [0.1, 0.15) is 74.2 Å². The molecule has 0 radical (unpaired) electrons. The van der Waals surface area contributed by atoms with Gasteiger partial charge in [-0.3, -0.25) is 0 Å². The second kappa shape index (κ2) is 28.9. The number of rotatable bonds is 15. The third-order valence-corrected chi connectivity index (χ3v) is 14.9. The highest BCUT2D eigenvalue weighted by Crippen LogP contribution is 2.29. The first-order valence-corrected chi connectivity index (χ1v) is 28.2. The molecule has 0 heterocycles. The SMILES string of the molecule is C.Oc1ccc(Cc2ccc(-c3ccc(Cc4ccc(O)cc4)cc3)cc2)cc1.Oc1ccc(Cc2ccc(-c3ccc(Cc4ccccc4O)cc3)cc2)cc1.Oc1ccccc1Cc1ccc(-c2ccc(Cc3ccccc3O)cc2)cc1. The molecular weight excluding hydrogens is 1040 g/mol. The molecule has 422 valence electrons. The third kappa shape index (κ3) is 17.0. The van der Waals surface area contributed by atoms with Gasteiger partial charge in [0.15, 0.2) is 0 Å². The summed E-state index contributed by atoms with van der Waals surface area (Å²) >= 11 is 0. The van der Waals surface area contributed by atoms with E-state index in [4.69, 9.17) is 0 Å². The third-order valence-electron chi connectivity index (χ3n) is 14.9. The summed E-state index contributed by atoms with van der Waals surface area (Å²) in [6.45, 7) is 0. The van der Waals surface area contributed by atoms with Crippen LogP contribution in [0, 0.1) is 0 Å². The summed E-state index contributed by atoms with van der Waals surface area (Å²) in [7, 11) is 0. The Hall–Kier alpha value is -10.6. The Morgan fingerprint density at radius 3 is 0.494 bits per heavy atom. The number of phenolic OH excluding ortho intramolecular Hbond substituents is 6. The molecule has 85 heavy (non-hydrogen) atoms. The molecule has 0 aliphatic heterocycles. The first-order chi connectivity index (χ1) is 41.0. The van der Waals surface area contributed by atoms with Crippen LogP contribution in [0.4, 0.5) is 0 Å². The predicted molar refractivity (Wildman–Crippen MR) is 348 cm³/mol. The van der Waals surface area contributed by atoms with Crippen LogP contribution in [-0.4, -0.2) is 30.6 Å². The Morgan fingerprint density at radius 1 is 0.165 bits per heavy atom. The maximum absolute atomic E-state index is 9.94. The zero-order valence-corrected chi connectivity index (χ0v) is 46.6. The summed E-state index contributed by atoms with van der Waals surface area (Å²) in [6, 6.07) is 95.7. The molecule has 6 nitrogen and oxygen atoms in total. The average Bonchev–Trinajstić information content (AvgIpc) is 3.67. The first-order valence-electron chi connectivity index (χ1n) is 28.2. The van der Waals surface area contributed by atoms with Crippen LogP contribution in [0.25, 0.3) is 33.4 Å². The molecule has 0 bridgehead atoms. The normalized spacial score (nSPS) is 10.6. The molecule has 0 saturated carbocycles. The average molecular weight is 1120 g/mol. The standard InChI is InChI=1S/3C26H22O2.CH4/c27-25-13-5-21(6-14-25)17-19-1-9-23(10-2-19)24-11-3-20(4-12-24)18-22-7-15-26(28)16-8-22;27-25-7-3-1-5-23(25)17-19-9-13-21(14-10-19)22-15-11-20(12-16-22)18-24-6-2-4-8-26(24)28;27-25-15-9-20(10-16-25)17-19-5-11-22(12-6-19)23-13-7-21(8-14-23)18-24-3-1-2-4-26(24)28;/h3*1-16,27-28H,17-18H2;1H4. The second-order valence-electron chi connectivity index (χ2n) is 21.1. The van der Waals surface area contributed by atoms with Crippen LogP contribution >= 0.6 is 0 Å². The predicted octanol–water partition coefficient (Wildman–Crippen LogP) is 18.5. The summed E-state index contributed by atoms with van der Waals surface area (Å²) < 4.78 is 0. The minimum absolute atomic E-state index is 0. The van der Waals surface area contributed by atoms with Crippen molar-refractivity contribution in [3.05, 3.63) is 358 Å². The fourth-order valence-electron chi connectivity index (χ4n) is 10.1. The van der Waals surface area contributed by atoms with Gasteiger partial charge in [0.05, 0.1) is 0 Å². The van der Waals surface area contributed by atoms with Crippen molar-refractivity contribution < 1.29 is 30.6 Å². The van der Waals surface area contributed by atoms with E-state index in [9.17, 15) is 30.6 Å². The summed E-state index contributed by atoms with van der Waals surface area (Å²) in [4.78, 5) is 0. The monoisotopic (exact) mass is 1110 g/mol. The quantitative estimate of drug-likeness (QED) is 0.0608. The van der Waals surface area contributed by atoms with Gasteiger partial charge in [0.25, 0.3) is 0 Å². The van der Waals surface area contributed by atoms with Gasteiger partial charge >= 0.3 is 0 Å². The summed E-state index contributed by atoms with van der Waals surface area (Å²) in [6.07, 6.45) is 4.70. The minimum atomic E-state index is 0. The first kappa shape index (κ1) is 59.1. The van der Waals surface area contributed by atoms with Gasteiger partial charge in [0, 0.05) is 19.3 Å². The maximum Gasteiger partial charge on any atom is 0.119 e. The van der Waals surface area contributed by atoms with Crippen molar-refractivity contribution in [1.29, 1.82) is 0 Å². The highest BCUT2D eigenvalue weighted by atomic mass is 16.3. The number of hydrogen-bond acceptors (Lipinski definition) is 6. The van der Waals surface area contributed by atoms with E-state index in [1.165, 1.54) is 72.3 Å². The lowest BCUT2D eigenvalue weighted by atomic mass is 9.98. The van der Waals surface area contributed by atoms with Crippen LogP contribution in [0.5, 0.6) is 34.5 Å². The van der Waals surface area contributed by atoms with Gasteiger partial charge in [-0.15, -0.1) is 0 Å². The van der Waals surface area contributed by atoms with Gasteiger partial charge in [0.2, 0.25) is 0 Å². The minimum Gasteiger partial charge on any atom is -0.508 e. The van der Waals surface area contributed by atoms with E-state index in [0.717, 1.165) is 53.5 Å². The molecular formula is C79H70O6. The molecule has 0 aromatic heterocycles. The van der Waals surface area contributed by atoms with Crippen molar-refractivity contribution in [2.45, 2.75) is 46.0 Å². The molecule has 0 spiro atoms. The number of aromatic hydroxyl groups is 6. The maximum atomic E-state index is 9.94. The zero-order valence-electron chi connectivity index (χ0n) is 46.6. The van der Waals surface area contributed by atoms with Crippen molar-refractivity contribution in [2.24, 2.45) is 0 Å². The number of phenols is 6. The van der Waals surface area contributed by atoms with E-state index in [2.05, 4.69) is 146 Å². The second-order valence-corrected chi connectivity index (χ2v) is 21.1. The molecule has 0 aliphatic rings. The fraction of sp³-hybridized carbons (Fsp3) is 0.0886. The van der Waals surface area contributed by atoms with Gasteiger partial charge in [0.1, 0.15) is 34.5 Å². The molecule has 6 N–H and O–H groups in total. The molecule has 0 unspecified atom stereocenters. The lowest BCUT2D eigenvalue weighted by Crippen LogP contribution is -1.90. The molecule has 0 aliphatic carbocycles. The number of hydrogen-bond donors (Lipinski definition) is 6. The van der Waals surface area contributed by atoms with Gasteiger partial charge in [-0.25, -0.2) is 0 Å². The van der Waals surface area contributed by atoms with Crippen molar-refractivity contribution in [2.75, 3.05) is 0 Å². The van der Waals surface area contributed by atoms with E-state index in [1.54, 1.807) is 54.6 Å². The van der Waals surface area contributed by atoms with Crippen LogP contribution in [0.3, 0.4) is 0 Å². The van der Waals surface area contributed by atoms with Crippen molar-refractivity contribution in [3.8, 4) is 67.9 Å². The Labute approximate surface area is 499 Å². The van der Waals surface area contributed by atoms with Crippen LogP contribution in [0.15, 0.2) is 291 Å². The number of benzene rings is 12. The van der Waals surface area contributed by atoms with Gasteiger partial charge in [-0.05, 0) is 174 Å². The van der Waals surface area contributed by atoms with Gasteiger partial charge < -0.3 is 30.6 Å². The largest absolute Gasteiger partial charge is 0.508 e. The Balaban J connectivity index is 0.000000152. The van der Waals surface area contributed by atoms with Crippen LogP contribution in [-0.2, 0) is 38.5 Å². The van der Waals surface area contributed by atoms with Gasteiger partial charge in [-0.2, -0.15) is 0 Å². The van der Waals surface area contributed by atoms with Crippen molar-refractivity contribution in [1.82, 2.24) is 0 Å². The van der Waals surface area contributed by atoms with E-state index in [1.807, 2.05) is 91.0 Å². The van der Waals surface area contributed by atoms with E-state index in [0.29, 0.717) is 47.3 Å². The van der Waals surface area contributed by atoms with E-state index < -0.39 is 0 Å². The van der Waals surface area contributed by atoms with E-state index >= 15 is 0 Å². The van der Waals surface area contributed by atoms with Gasteiger partial charge in [-0.1, -0.05) is 244 Å². The smallest absolute Gasteiger partial charge is 0.119 e. The molecule has 0 fully saturated rings. The van der Waals surface area contributed by atoms with E-state index in [-0.39, 0.29) is 7.43 Å². The zero-order chi connectivity index (χ0) is 58.0. The Morgan fingerprint density at radius 2 is 0.318 bits per heavy atom. The van der Waals surface area contributed by atoms with Crippen molar-refractivity contribution >= 4 is 0 Å².